The van der Waals surface area contributed by atoms with Crippen LogP contribution in [0.25, 0.3) is 0 Å². The van der Waals surface area contributed by atoms with Gasteiger partial charge < -0.3 is 10.8 Å². The Morgan fingerprint density at radius 3 is 2.47 bits per heavy atom. The van der Waals surface area contributed by atoms with E-state index in [0.717, 1.165) is 29.6 Å². The molecule has 0 amide bonds. The van der Waals surface area contributed by atoms with E-state index < -0.39 is 0 Å². The van der Waals surface area contributed by atoms with Crippen molar-refractivity contribution in [3.05, 3.63) is 21.9 Å². The van der Waals surface area contributed by atoms with Gasteiger partial charge in [-0.2, -0.15) is 0 Å². The number of aliphatic hydroxyl groups excluding tert-OH is 1. The second-order valence-corrected chi connectivity index (χ2v) is 7.47. The molecule has 0 aromatic carbocycles. The Kier molecular flexibility index (Phi) is 4.70. The van der Waals surface area contributed by atoms with Crippen molar-refractivity contribution >= 4 is 11.3 Å². The lowest BCUT2D eigenvalue weighted by molar-refractivity contribution is -0.0130. The van der Waals surface area contributed by atoms with Crippen LogP contribution >= 0.6 is 11.3 Å². The Hall–Kier alpha value is -0.380. The zero-order chi connectivity index (χ0) is 14.0. The Balaban J connectivity index is 2.14. The summed E-state index contributed by atoms with van der Waals surface area (Å²) in [6.07, 6.45) is 4.15. The number of nitrogens with two attached hydrogens (primary N) is 1. The zero-order valence-electron chi connectivity index (χ0n) is 12.4. The minimum atomic E-state index is -0.384. The average molecular weight is 281 g/mol. The van der Waals surface area contributed by atoms with Gasteiger partial charge in [0.25, 0.3) is 0 Å². The first kappa shape index (κ1) is 15.0. The molecule has 3 heteroatoms. The first-order valence-corrected chi connectivity index (χ1v) is 8.30. The maximum Gasteiger partial charge on any atom is 0.0952 e. The molecule has 1 atom stereocenters. The van der Waals surface area contributed by atoms with E-state index in [9.17, 15) is 5.11 Å². The SMILES string of the molecule is Cc1ccsc1C(O)C1(CN)CCC(C(C)C)CC1. The normalized spacial score (nSPS) is 29.7. The highest BCUT2D eigenvalue weighted by Gasteiger charge is 2.42. The van der Waals surface area contributed by atoms with E-state index in [-0.39, 0.29) is 11.5 Å². The van der Waals surface area contributed by atoms with E-state index in [1.54, 1.807) is 11.3 Å². The van der Waals surface area contributed by atoms with E-state index in [1.807, 2.05) is 0 Å². The molecule has 1 aliphatic rings. The second kappa shape index (κ2) is 5.94. The van der Waals surface area contributed by atoms with Crippen molar-refractivity contribution in [1.82, 2.24) is 0 Å². The standard InChI is InChI=1S/C16H27NOS/c1-11(2)13-4-7-16(10-17,8-5-13)15(18)14-12(3)6-9-19-14/h6,9,11,13,15,18H,4-5,7-8,10,17H2,1-3H3. The van der Waals surface area contributed by atoms with Gasteiger partial charge in [-0.15, -0.1) is 11.3 Å². The number of hydrogen-bond donors (Lipinski definition) is 2. The third kappa shape index (κ3) is 2.88. The van der Waals surface area contributed by atoms with Crippen LogP contribution in [-0.4, -0.2) is 11.7 Å². The lowest BCUT2D eigenvalue weighted by Gasteiger charge is -2.43. The molecule has 2 rings (SSSR count). The Bertz CT molecular complexity index is 405. The van der Waals surface area contributed by atoms with Gasteiger partial charge in [0, 0.05) is 16.8 Å². The quantitative estimate of drug-likeness (QED) is 0.879. The fourth-order valence-corrected chi connectivity index (χ4v) is 4.47. The minimum Gasteiger partial charge on any atom is -0.387 e. The molecule has 108 valence electrons. The molecular formula is C16H27NOS. The summed E-state index contributed by atoms with van der Waals surface area (Å²) in [6, 6.07) is 2.09. The van der Waals surface area contributed by atoms with Gasteiger partial charge in [-0.1, -0.05) is 13.8 Å². The van der Waals surface area contributed by atoms with Crippen LogP contribution in [0.5, 0.6) is 0 Å². The van der Waals surface area contributed by atoms with Crippen molar-refractivity contribution in [2.75, 3.05) is 6.54 Å². The van der Waals surface area contributed by atoms with Crippen LogP contribution < -0.4 is 5.73 Å². The average Bonchev–Trinajstić information content (AvgIpc) is 2.84. The van der Waals surface area contributed by atoms with E-state index in [4.69, 9.17) is 5.73 Å². The maximum absolute atomic E-state index is 10.8. The molecule has 0 aliphatic heterocycles. The van der Waals surface area contributed by atoms with Crippen LogP contribution in [0.15, 0.2) is 11.4 Å². The van der Waals surface area contributed by atoms with E-state index in [2.05, 4.69) is 32.2 Å². The molecule has 0 spiro atoms. The number of thiophene rings is 1. The fourth-order valence-electron chi connectivity index (χ4n) is 3.41. The molecule has 1 saturated carbocycles. The predicted molar refractivity (Wildman–Crippen MR) is 82.3 cm³/mol. The van der Waals surface area contributed by atoms with Gasteiger partial charge in [-0.25, -0.2) is 0 Å². The highest BCUT2D eigenvalue weighted by Crippen LogP contribution is 2.49. The minimum absolute atomic E-state index is 0.0962. The van der Waals surface area contributed by atoms with Gasteiger partial charge in [0.05, 0.1) is 6.10 Å². The monoisotopic (exact) mass is 281 g/mol. The van der Waals surface area contributed by atoms with E-state index >= 15 is 0 Å². The van der Waals surface area contributed by atoms with Crippen molar-refractivity contribution in [1.29, 1.82) is 0 Å². The van der Waals surface area contributed by atoms with Crippen LogP contribution in [0.4, 0.5) is 0 Å². The smallest absolute Gasteiger partial charge is 0.0952 e. The molecule has 0 radical (unpaired) electrons. The molecule has 1 aromatic heterocycles. The number of rotatable bonds is 4. The summed E-state index contributed by atoms with van der Waals surface area (Å²) in [5.74, 6) is 1.55. The topological polar surface area (TPSA) is 46.2 Å². The van der Waals surface area contributed by atoms with Gasteiger partial charge in [0.15, 0.2) is 0 Å². The third-order valence-electron chi connectivity index (χ3n) is 5.11. The van der Waals surface area contributed by atoms with E-state index in [0.29, 0.717) is 6.54 Å². The molecule has 2 nitrogen and oxygen atoms in total. The van der Waals surface area contributed by atoms with E-state index in [1.165, 1.54) is 18.4 Å². The molecule has 1 unspecified atom stereocenters. The molecule has 1 heterocycles. The number of aryl methyl sites for hydroxylation is 1. The summed E-state index contributed by atoms with van der Waals surface area (Å²) in [6.45, 7) is 7.29. The van der Waals surface area contributed by atoms with Gasteiger partial charge in [-0.05, 0) is 61.5 Å². The lowest BCUT2D eigenvalue weighted by Crippen LogP contribution is -2.40. The van der Waals surface area contributed by atoms with Crippen LogP contribution in [0.2, 0.25) is 0 Å². The second-order valence-electron chi connectivity index (χ2n) is 6.52. The van der Waals surface area contributed by atoms with Gasteiger partial charge in [-0.3, -0.25) is 0 Å². The molecular weight excluding hydrogens is 254 g/mol. The fraction of sp³-hybridized carbons (Fsp3) is 0.750. The molecule has 0 bridgehead atoms. The summed E-state index contributed by atoms with van der Waals surface area (Å²) in [5.41, 5.74) is 7.17. The van der Waals surface area contributed by atoms with Gasteiger partial charge in [0.2, 0.25) is 0 Å². The highest BCUT2D eigenvalue weighted by atomic mass is 32.1. The summed E-state index contributed by atoms with van der Waals surface area (Å²) < 4.78 is 0. The van der Waals surface area contributed by atoms with Crippen molar-refractivity contribution in [3.63, 3.8) is 0 Å². The predicted octanol–water partition coefficient (Wildman–Crippen LogP) is 3.88. The van der Waals surface area contributed by atoms with Gasteiger partial charge >= 0.3 is 0 Å². The van der Waals surface area contributed by atoms with Crippen LogP contribution in [-0.2, 0) is 0 Å². The molecule has 3 N–H and O–H groups in total. The van der Waals surface area contributed by atoms with Crippen molar-refractivity contribution in [2.24, 2.45) is 23.0 Å². The first-order valence-electron chi connectivity index (χ1n) is 7.42. The highest BCUT2D eigenvalue weighted by molar-refractivity contribution is 7.10. The summed E-state index contributed by atoms with van der Waals surface area (Å²) >= 11 is 1.67. The van der Waals surface area contributed by atoms with Gasteiger partial charge in [0.1, 0.15) is 0 Å². The molecule has 19 heavy (non-hydrogen) atoms. The van der Waals surface area contributed by atoms with Crippen molar-refractivity contribution < 1.29 is 5.11 Å². The molecule has 1 aromatic rings. The Morgan fingerprint density at radius 2 is 2.05 bits per heavy atom. The third-order valence-corrected chi connectivity index (χ3v) is 6.18. The maximum atomic E-state index is 10.8. The molecule has 1 aliphatic carbocycles. The van der Waals surface area contributed by atoms with Crippen LogP contribution in [0, 0.1) is 24.2 Å². The molecule has 1 fully saturated rings. The summed E-state index contributed by atoms with van der Waals surface area (Å²) in [4.78, 5) is 1.12. The largest absolute Gasteiger partial charge is 0.387 e. The molecule has 0 saturated heterocycles. The summed E-state index contributed by atoms with van der Waals surface area (Å²) in [7, 11) is 0. The first-order chi connectivity index (χ1) is 9.00. The van der Waals surface area contributed by atoms with Crippen LogP contribution in [0.3, 0.4) is 0 Å². The van der Waals surface area contributed by atoms with Crippen molar-refractivity contribution in [3.8, 4) is 0 Å². The zero-order valence-corrected chi connectivity index (χ0v) is 13.2. The Morgan fingerprint density at radius 1 is 1.42 bits per heavy atom. The summed E-state index contributed by atoms with van der Waals surface area (Å²) in [5, 5.41) is 12.9. The lowest BCUT2D eigenvalue weighted by atomic mass is 9.65. The Labute approximate surface area is 121 Å². The number of hydrogen-bond acceptors (Lipinski definition) is 3. The van der Waals surface area contributed by atoms with Crippen molar-refractivity contribution in [2.45, 2.75) is 52.6 Å². The van der Waals surface area contributed by atoms with Crippen LogP contribution in [0.1, 0.15) is 56.1 Å². The number of aliphatic hydroxyl groups is 1.